The minimum absolute atomic E-state index is 0.196. The molecule has 2 heterocycles. The van der Waals surface area contributed by atoms with Crippen LogP contribution in [0.1, 0.15) is 6.42 Å². The van der Waals surface area contributed by atoms with Gasteiger partial charge in [0.15, 0.2) is 0 Å². The fraction of sp³-hybridized carbons (Fsp3) is 0.455. The number of aromatic nitrogens is 2. The Bertz CT molecular complexity index is 499. The van der Waals surface area contributed by atoms with E-state index in [0.29, 0.717) is 5.95 Å². The first-order valence-electron chi connectivity index (χ1n) is 5.51. The van der Waals surface area contributed by atoms with Crippen LogP contribution in [-0.2, 0) is 0 Å². The van der Waals surface area contributed by atoms with Crippen LogP contribution >= 0.6 is 11.3 Å². The van der Waals surface area contributed by atoms with E-state index < -0.39 is 0 Å². The first-order valence-corrected chi connectivity index (χ1v) is 6.39. The zero-order chi connectivity index (χ0) is 12.3. The van der Waals surface area contributed by atoms with Crippen molar-refractivity contribution in [3.8, 4) is 0 Å². The summed E-state index contributed by atoms with van der Waals surface area (Å²) in [7, 11) is 3.79. The van der Waals surface area contributed by atoms with Crippen molar-refractivity contribution in [3.63, 3.8) is 0 Å². The van der Waals surface area contributed by atoms with Crippen molar-refractivity contribution in [2.75, 3.05) is 37.5 Å². The molecular weight excluding hydrogens is 236 g/mol. The minimum Gasteiger partial charge on any atom is -0.396 e. The van der Waals surface area contributed by atoms with Gasteiger partial charge in [0, 0.05) is 27.2 Å². The van der Waals surface area contributed by atoms with Crippen molar-refractivity contribution in [2.45, 2.75) is 6.42 Å². The van der Waals surface area contributed by atoms with E-state index in [9.17, 15) is 0 Å². The van der Waals surface area contributed by atoms with Gasteiger partial charge in [-0.05, 0) is 17.9 Å². The van der Waals surface area contributed by atoms with Gasteiger partial charge in [-0.15, -0.1) is 11.3 Å². The summed E-state index contributed by atoms with van der Waals surface area (Å²) in [5.74, 6) is 1.54. The molecule has 0 radical (unpaired) electrons. The summed E-state index contributed by atoms with van der Waals surface area (Å²) in [5.41, 5.74) is 0. The van der Waals surface area contributed by atoms with Gasteiger partial charge in [0.1, 0.15) is 10.6 Å². The van der Waals surface area contributed by atoms with E-state index >= 15 is 0 Å². The molecular formula is C11H16N4OS. The van der Waals surface area contributed by atoms with Gasteiger partial charge in [0.2, 0.25) is 5.95 Å². The SMILES string of the molecule is CNc1nc(N(C)CCCO)c2ccsc2n1. The normalized spacial score (nSPS) is 10.8. The Labute approximate surface area is 104 Å². The lowest BCUT2D eigenvalue weighted by molar-refractivity contribution is 0.290. The number of aliphatic hydroxyl groups is 1. The molecule has 0 unspecified atom stereocenters. The van der Waals surface area contributed by atoms with Crippen molar-refractivity contribution in [3.05, 3.63) is 11.4 Å². The maximum absolute atomic E-state index is 8.87. The highest BCUT2D eigenvalue weighted by Crippen LogP contribution is 2.28. The fourth-order valence-electron chi connectivity index (χ4n) is 1.66. The van der Waals surface area contributed by atoms with E-state index in [1.165, 1.54) is 0 Å². The average molecular weight is 252 g/mol. The summed E-state index contributed by atoms with van der Waals surface area (Å²) >= 11 is 1.61. The van der Waals surface area contributed by atoms with E-state index in [2.05, 4.69) is 15.3 Å². The smallest absolute Gasteiger partial charge is 0.225 e. The summed E-state index contributed by atoms with van der Waals surface area (Å²) in [4.78, 5) is 11.9. The summed E-state index contributed by atoms with van der Waals surface area (Å²) in [6.07, 6.45) is 0.737. The molecule has 0 fully saturated rings. The highest BCUT2D eigenvalue weighted by molar-refractivity contribution is 7.16. The van der Waals surface area contributed by atoms with E-state index in [4.69, 9.17) is 5.11 Å². The largest absolute Gasteiger partial charge is 0.396 e. The van der Waals surface area contributed by atoms with Gasteiger partial charge >= 0.3 is 0 Å². The van der Waals surface area contributed by atoms with Gasteiger partial charge in [-0.2, -0.15) is 4.98 Å². The number of thiophene rings is 1. The van der Waals surface area contributed by atoms with Crippen LogP contribution in [0.15, 0.2) is 11.4 Å². The number of hydrogen-bond acceptors (Lipinski definition) is 6. The maximum atomic E-state index is 8.87. The molecule has 0 aliphatic carbocycles. The highest BCUT2D eigenvalue weighted by Gasteiger charge is 2.11. The molecule has 0 aliphatic heterocycles. The molecule has 2 N–H and O–H groups in total. The summed E-state index contributed by atoms with van der Waals surface area (Å²) in [6, 6.07) is 2.03. The van der Waals surface area contributed by atoms with Gasteiger partial charge in [-0.25, -0.2) is 4.98 Å². The van der Waals surface area contributed by atoms with Crippen LogP contribution in [0.5, 0.6) is 0 Å². The molecule has 5 nitrogen and oxygen atoms in total. The summed E-state index contributed by atoms with van der Waals surface area (Å²) in [5, 5.41) is 14.9. The van der Waals surface area contributed by atoms with Crippen LogP contribution in [0.3, 0.4) is 0 Å². The van der Waals surface area contributed by atoms with Gasteiger partial charge in [0.05, 0.1) is 5.39 Å². The maximum Gasteiger partial charge on any atom is 0.225 e. The Morgan fingerprint density at radius 3 is 3.00 bits per heavy atom. The van der Waals surface area contributed by atoms with Crippen LogP contribution < -0.4 is 10.2 Å². The molecule has 0 saturated carbocycles. The molecule has 2 aromatic heterocycles. The third-order valence-corrected chi connectivity index (χ3v) is 3.35. The molecule has 2 aromatic rings. The lowest BCUT2D eigenvalue weighted by atomic mass is 10.3. The van der Waals surface area contributed by atoms with Crippen LogP contribution in [0.4, 0.5) is 11.8 Å². The second kappa shape index (κ2) is 5.29. The van der Waals surface area contributed by atoms with Crippen LogP contribution in [-0.4, -0.2) is 42.3 Å². The van der Waals surface area contributed by atoms with E-state index in [-0.39, 0.29) is 6.61 Å². The third kappa shape index (κ3) is 2.48. The number of rotatable bonds is 5. The molecule has 92 valence electrons. The molecule has 0 aliphatic rings. The molecule has 0 saturated heterocycles. The van der Waals surface area contributed by atoms with Crippen LogP contribution in [0, 0.1) is 0 Å². The van der Waals surface area contributed by atoms with Crippen molar-refractivity contribution in [2.24, 2.45) is 0 Å². The first-order chi connectivity index (χ1) is 8.26. The zero-order valence-corrected chi connectivity index (χ0v) is 10.8. The van der Waals surface area contributed by atoms with Crippen LogP contribution in [0.2, 0.25) is 0 Å². The quantitative estimate of drug-likeness (QED) is 0.845. The number of nitrogens with zero attached hydrogens (tertiary/aromatic N) is 3. The first kappa shape index (κ1) is 12.1. The Kier molecular flexibility index (Phi) is 3.75. The predicted octanol–water partition coefficient (Wildman–Crippen LogP) is 1.55. The number of anilines is 2. The lowest BCUT2D eigenvalue weighted by Gasteiger charge is -2.18. The Morgan fingerprint density at radius 2 is 2.29 bits per heavy atom. The molecule has 0 aromatic carbocycles. The number of hydrogen-bond donors (Lipinski definition) is 2. The van der Waals surface area contributed by atoms with Crippen molar-refractivity contribution in [1.82, 2.24) is 9.97 Å². The molecule has 0 atom stereocenters. The topological polar surface area (TPSA) is 61.3 Å². The standard InChI is InChI=1S/C11H16N4OS/c1-12-11-13-9(15(2)5-3-6-16)8-4-7-17-10(8)14-11/h4,7,16H,3,5-6H2,1-2H3,(H,12,13,14). The van der Waals surface area contributed by atoms with Crippen molar-refractivity contribution in [1.29, 1.82) is 0 Å². The third-order valence-electron chi connectivity index (χ3n) is 2.54. The van der Waals surface area contributed by atoms with Crippen LogP contribution in [0.25, 0.3) is 10.2 Å². The molecule has 0 spiro atoms. The van der Waals surface area contributed by atoms with Gasteiger partial charge in [-0.3, -0.25) is 0 Å². The minimum atomic E-state index is 0.196. The molecule has 6 heteroatoms. The van der Waals surface area contributed by atoms with Crippen molar-refractivity contribution < 1.29 is 5.11 Å². The second-order valence-corrected chi connectivity index (χ2v) is 4.65. The van der Waals surface area contributed by atoms with Gasteiger partial charge < -0.3 is 15.3 Å². The van der Waals surface area contributed by atoms with Gasteiger partial charge in [-0.1, -0.05) is 0 Å². The summed E-state index contributed by atoms with van der Waals surface area (Å²) in [6.45, 7) is 0.975. The molecule has 17 heavy (non-hydrogen) atoms. The van der Waals surface area contributed by atoms with E-state index in [1.54, 1.807) is 11.3 Å². The van der Waals surface area contributed by atoms with Crippen molar-refractivity contribution >= 4 is 33.3 Å². The van der Waals surface area contributed by atoms with E-state index in [0.717, 1.165) is 29.0 Å². The monoisotopic (exact) mass is 252 g/mol. The molecule has 0 amide bonds. The Morgan fingerprint density at radius 1 is 1.47 bits per heavy atom. The average Bonchev–Trinajstić information content (AvgIpc) is 2.82. The zero-order valence-electron chi connectivity index (χ0n) is 9.97. The van der Waals surface area contributed by atoms with E-state index in [1.807, 2.05) is 30.4 Å². The number of aliphatic hydroxyl groups excluding tert-OH is 1. The highest BCUT2D eigenvalue weighted by atomic mass is 32.1. The van der Waals surface area contributed by atoms with Gasteiger partial charge in [0.25, 0.3) is 0 Å². The fourth-order valence-corrected chi connectivity index (χ4v) is 2.41. The Hall–Kier alpha value is -1.40. The predicted molar refractivity (Wildman–Crippen MR) is 71.9 cm³/mol. The second-order valence-electron chi connectivity index (χ2n) is 3.76. The molecule has 0 bridgehead atoms. The lowest BCUT2D eigenvalue weighted by Crippen LogP contribution is -2.21. The Balaban J connectivity index is 2.39. The summed E-state index contributed by atoms with van der Waals surface area (Å²) < 4.78 is 0. The number of nitrogens with one attached hydrogen (secondary N) is 1. The number of fused-ring (bicyclic) bond motifs is 1. The molecule has 2 rings (SSSR count).